The molecular formula is C17H20NO5P. The molecule has 0 saturated heterocycles. The molecule has 1 unspecified atom stereocenters. The number of alkyl carbamates (subject to hydrolysis) is 1. The largest absolute Gasteiger partial charge is 0.445 e. The third-order valence-electron chi connectivity index (χ3n) is 3.32. The molecule has 0 aliphatic rings. The summed E-state index contributed by atoms with van der Waals surface area (Å²) in [5, 5.41) is 2.54. The zero-order chi connectivity index (χ0) is 17.4. The lowest BCUT2D eigenvalue weighted by Crippen LogP contribution is -2.39. The molecule has 0 heterocycles. The smallest absolute Gasteiger partial charge is 0.407 e. The summed E-state index contributed by atoms with van der Waals surface area (Å²) in [6.45, 7) is 0.0979. The van der Waals surface area contributed by atoms with Gasteiger partial charge in [0.2, 0.25) is 0 Å². The topological polar surface area (TPSA) is 95.9 Å². The fraction of sp³-hybridized carbons (Fsp3) is 0.235. The molecule has 0 fully saturated rings. The van der Waals surface area contributed by atoms with Crippen LogP contribution < -0.4 is 5.32 Å². The van der Waals surface area contributed by atoms with Gasteiger partial charge in [-0.15, -0.1) is 0 Å². The van der Waals surface area contributed by atoms with Gasteiger partial charge in [0, 0.05) is 6.04 Å². The van der Waals surface area contributed by atoms with Crippen LogP contribution in [0.25, 0.3) is 0 Å². The van der Waals surface area contributed by atoms with Gasteiger partial charge in [-0.1, -0.05) is 60.7 Å². The van der Waals surface area contributed by atoms with Crippen molar-refractivity contribution in [3.63, 3.8) is 0 Å². The first kappa shape index (κ1) is 18.2. The molecule has 0 radical (unpaired) electrons. The van der Waals surface area contributed by atoms with E-state index in [-0.39, 0.29) is 6.61 Å². The van der Waals surface area contributed by atoms with Crippen molar-refractivity contribution in [2.24, 2.45) is 0 Å². The lowest BCUT2D eigenvalue weighted by Gasteiger charge is -2.19. The van der Waals surface area contributed by atoms with E-state index in [1.807, 2.05) is 60.7 Å². The number of ether oxygens (including phenoxy) is 1. The summed E-state index contributed by atoms with van der Waals surface area (Å²) in [6.07, 6.45) is -0.831. The lowest BCUT2D eigenvalue weighted by atomic mass is 10.1. The van der Waals surface area contributed by atoms with Gasteiger partial charge in [-0.3, -0.25) is 4.57 Å². The molecular weight excluding hydrogens is 329 g/mol. The van der Waals surface area contributed by atoms with Crippen molar-refractivity contribution in [1.29, 1.82) is 0 Å². The van der Waals surface area contributed by atoms with Gasteiger partial charge in [-0.25, -0.2) is 4.79 Å². The van der Waals surface area contributed by atoms with E-state index in [1.165, 1.54) is 0 Å². The normalized spacial score (nSPS) is 12.4. The van der Waals surface area contributed by atoms with Crippen LogP contribution in [-0.2, 0) is 22.3 Å². The van der Waals surface area contributed by atoms with E-state index < -0.39 is 25.9 Å². The Morgan fingerprint density at radius 1 is 1.00 bits per heavy atom. The Bertz CT molecular complexity index is 687. The van der Waals surface area contributed by atoms with Gasteiger partial charge in [-0.2, -0.15) is 0 Å². The van der Waals surface area contributed by atoms with Crippen LogP contribution in [0.1, 0.15) is 11.1 Å². The Morgan fingerprint density at radius 2 is 1.54 bits per heavy atom. The van der Waals surface area contributed by atoms with Gasteiger partial charge in [0.1, 0.15) is 6.61 Å². The molecule has 2 aromatic carbocycles. The van der Waals surface area contributed by atoms with E-state index in [2.05, 4.69) is 5.32 Å². The maximum atomic E-state index is 11.9. The molecule has 7 heteroatoms. The first-order valence-corrected chi connectivity index (χ1v) is 9.28. The van der Waals surface area contributed by atoms with E-state index in [0.717, 1.165) is 11.1 Å². The number of carbonyl (C=O) groups excluding carboxylic acids is 1. The maximum Gasteiger partial charge on any atom is 0.407 e. The van der Waals surface area contributed by atoms with Gasteiger partial charge in [0.05, 0.1) is 6.16 Å². The zero-order valence-electron chi connectivity index (χ0n) is 13.0. The van der Waals surface area contributed by atoms with Gasteiger partial charge < -0.3 is 19.8 Å². The number of rotatable bonds is 7. The first-order chi connectivity index (χ1) is 11.4. The summed E-state index contributed by atoms with van der Waals surface area (Å²) in [4.78, 5) is 30.3. The highest BCUT2D eigenvalue weighted by Gasteiger charge is 2.24. The van der Waals surface area contributed by atoms with Crippen LogP contribution in [0.3, 0.4) is 0 Å². The number of nitrogens with one attached hydrogen (secondary N) is 1. The lowest BCUT2D eigenvalue weighted by molar-refractivity contribution is 0.136. The summed E-state index contributed by atoms with van der Waals surface area (Å²) in [7, 11) is -4.26. The van der Waals surface area contributed by atoms with Crippen molar-refractivity contribution in [2.45, 2.75) is 19.1 Å². The maximum absolute atomic E-state index is 11.9. The summed E-state index contributed by atoms with van der Waals surface area (Å²) >= 11 is 0. The number of hydrogen-bond donors (Lipinski definition) is 3. The van der Waals surface area contributed by atoms with Crippen LogP contribution in [0.5, 0.6) is 0 Å². The summed E-state index contributed by atoms with van der Waals surface area (Å²) < 4.78 is 16.4. The Hall–Kier alpha value is -2.14. The molecule has 24 heavy (non-hydrogen) atoms. The third-order valence-corrected chi connectivity index (χ3v) is 4.23. The van der Waals surface area contributed by atoms with Crippen LogP contribution in [0.15, 0.2) is 60.7 Å². The first-order valence-electron chi connectivity index (χ1n) is 7.48. The predicted octanol–water partition coefficient (Wildman–Crippen LogP) is 2.70. The van der Waals surface area contributed by atoms with Crippen LogP contribution in [0, 0.1) is 0 Å². The van der Waals surface area contributed by atoms with Crippen molar-refractivity contribution in [2.75, 3.05) is 6.16 Å². The molecule has 0 saturated carbocycles. The Morgan fingerprint density at radius 3 is 2.08 bits per heavy atom. The fourth-order valence-corrected chi connectivity index (χ4v) is 3.07. The van der Waals surface area contributed by atoms with Crippen molar-refractivity contribution < 1.29 is 23.9 Å². The molecule has 1 atom stereocenters. The molecule has 0 aliphatic heterocycles. The minimum absolute atomic E-state index is 0.0979. The molecule has 6 nitrogen and oxygen atoms in total. The highest BCUT2D eigenvalue weighted by atomic mass is 31.2. The molecule has 2 rings (SSSR count). The highest BCUT2D eigenvalue weighted by molar-refractivity contribution is 7.51. The van der Waals surface area contributed by atoms with Gasteiger partial charge >= 0.3 is 13.7 Å². The number of carbonyl (C=O) groups is 1. The van der Waals surface area contributed by atoms with Crippen LogP contribution in [0.2, 0.25) is 0 Å². The van der Waals surface area contributed by atoms with Crippen molar-refractivity contribution >= 4 is 13.7 Å². The number of amides is 1. The summed E-state index contributed by atoms with van der Waals surface area (Å²) in [6, 6.07) is 17.7. The summed E-state index contributed by atoms with van der Waals surface area (Å²) in [5.74, 6) is 0. The van der Waals surface area contributed by atoms with E-state index in [4.69, 9.17) is 4.74 Å². The number of benzene rings is 2. The second-order valence-corrected chi connectivity index (χ2v) is 7.13. The van der Waals surface area contributed by atoms with Crippen molar-refractivity contribution in [3.05, 3.63) is 71.8 Å². The molecule has 2 aromatic rings. The van der Waals surface area contributed by atoms with Crippen molar-refractivity contribution in [1.82, 2.24) is 5.32 Å². The predicted molar refractivity (Wildman–Crippen MR) is 90.6 cm³/mol. The van der Waals surface area contributed by atoms with Gasteiger partial charge in [0.25, 0.3) is 0 Å². The molecule has 0 aromatic heterocycles. The third kappa shape index (κ3) is 6.96. The van der Waals surface area contributed by atoms with Crippen LogP contribution >= 0.6 is 7.60 Å². The fourth-order valence-electron chi connectivity index (χ4n) is 2.28. The second kappa shape index (κ2) is 8.64. The van der Waals surface area contributed by atoms with Gasteiger partial charge in [-0.05, 0) is 17.5 Å². The van der Waals surface area contributed by atoms with E-state index in [1.54, 1.807) is 0 Å². The molecule has 0 aliphatic carbocycles. The molecule has 0 bridgehead atoms. The second-order valence-electron chi connectivity index (χ2n) is 5.44. The molecule has 128 valence electrons. The molecule has 3 N–H and O–H groups in total. The van der Waals surface area contributed by atoms with Crippen LogP contribution in [0.4, 0.5) is 4.79 Å². The van der Waals surface area contributed by atoms with Crippen molar-refractivity contribution in [3.8, 4) is 0 Å². The molecule has 0 spiro atoms. The zero-order valence-corrected chi connectivity index (χ0v) is 13.9. The monoisotopic (exact) mass is 349 g/mol. The average molecular weight is 349 g/mol. The quantitative estimate of drug-likeness (QED) is 0.668. The van der Waals surface area contributed by atoms with E-state index in [9.17, 15) is 19.1 Å². The van der Waals surface area contributed by atoms with Crippen LogP contribution in [-0.4, -0.2) is 28.1 Å². The summed E-state index contributed by atoms with van der Waals surface area (Å²) in [5.41, 5.74) is 1.71. The Balaban J connectivity index is 1.93. The average Bonchev–Trinajstić information content (AvgIpc) is 2.53. The Kier molecular flexibility index (Phi) is 6.55. The van der Waals surface area contributed by atoms with E-state index >= 15 is 0 Å². The standard InChI is InChI=1S/C17H20NO5P/c19-17(23-12-15-9-5-2-6-10-15)18-16(13-24(20,21)22)11-14-7-3-1-4-8-14/h1-10,16H,11-13H2,(H,18,19)(H2,20,21,22). The highest BCUT2D eigenvalue weighted by Crippen LogP contribution is 2.35. The Labute approximate surface area is 140 Å². The number of hydrogen-bond acceptors (Lipinski definition) is 3. The van der Waals surface area contributed by atoms with Gasteiger partial charge in [0.15, 0.2) is 0 Å². The molecule has 1 amide bonds. The SMILES string of the molecule is O=C(NC(Cc1ccccc1)CP(=O)(O)O)OCc1ccccc1. The van der Waals surface area contributed by atoms with E-state index in [0.29, 0.717) is 6.42 Å². The minimum Gasteiger partial charge on any atom is -0.445 e. The minimum atomic E-state index is -4.26.